The van der Waals surface area contributed by atoms with Gasteiger partial charge in [0.05, 0.1) is 12.7 Å². The molecule has 2 atom stereocenters. The van der Waals surface area contributed by atoms with E-state index in [0.29, 0.717) is 11.1 Å². The second-order valence-electron chi connectivity index (χ2n) is 6.45. The van der Waals surface area contributed by atoms with Crippen molar-refractivity contribution in [2.45, 2.75) is 20.0 Å². The Kier molecular flexibility index (Phi) is 4.26. The molecule has 3 heterocycles. The van der Waals surface area contributed by atoms with E-state index >= 15 is 0 Å². The Hall–Kier alpha value is -3.07. The number of fused-ring (bicyclic) bond motifs is 1. The van der Waals surface area contributed by atoms with Gasteiger partial charge in [0.15, 0.2) is 0 Å². The minimum absolute atomic E-state index is 0.187. The number of anilines is 1. The van der Waals surface area contributed by atoms with Crippen LogP contribution in [0.3, 0.4) is 0 Å². The predicted octanol–water partition coefficient (Wildman–Crippen LogP) is 2.58. The zero-order valence-corrected chi connectivity index (χ0v) is 16.0. The molecule has 9 heteroatoms. The average molecular weight is 402 g/mol. The number of imide groups is 1. The van der Waals surface area contributed by atoms with Crippen molar-refractivity contribution in [3.63, 3.8) is 0 Å². The summed E-state index contributed by atoms with van der Waals surface area (Å²) >= 11 is 1.17. The molecule has 2 aliphatic heterocycles. The molecule has 0 aliphatic carbocycles. The number of amides is 2. The summed E-state index contributed by atoms with van der Waals surface area (Å²) in [6, 6.07) is 5.43. The summed E-state index contributed by atoms with van der Waals surface area (Å²) in [4.78, 5) is 45.3. The number of oxime groups is 1. The lowest BCUT2D eigenvalue weighted by Crippen LogP contribution is -2.33. The summed E-state index contributed by atoms with van der Waals surface area (Å²) in [6.45, 7) is 3.53. The van der Waals surface area contributed by atoms with E-state index in [4.69, 9.17) is 9.57 Å². The Balaban J connectivity index is 1.76. The molecule has 28 heavy (non-hydrogen) atoms. The normalized spacial score (nSPS) is 20.9. The maximum atomic E-state index is 13.2. The third-order valence-corrected chi connectivity index (χ3v) is 6.10. The van der Waals surface area contributed by atoms with E-state index in [1.54, 1.807) is 13.8 Å². The predicted molar refractivity (Wildman–Crippen MR) is 98.9 cm³/mol. The molecule has 7 nitrogen and oxygen atoms in total. The fourth-order valence-electron chi connectivity index (χ4n) is 3.35. The Bertz CT molecular complexity index is 1040. The van der Waals surface area contributed by atoms with E-state index in [2.05, 4.69) is 5.16 Å². The number of methoxy groups -OCH3 is 1. The number of carbonyl (C=O) groups excluding carboxylic acids is 3. The molecule has 1 aromatic carbocycles. The number of hydrogen-bond donors (Lipinski definition) is 0. The molecule has 0 spiro atoms. The summed E-state index contributed by atoms with van der Waals surface area (Å²) in [6.07, 6.45) is -1.11. The van der Waals surface area contributed by atoms with E-state index in [1.165, 1.54) is 42.7 Å². The van der Waals surface area contributed by atoms with Crippen LogP contribution < -0.4 is 4.90 Å². The number of thiophene rings is 1. The van der Waals surface area contributed by atoms with Gasteiger partial charge in [-0.05, 0) is 31.5 Å². The number of halogens is 1. The Morgan fingerprint density at radius 3 is 2.54 bits per heavy atom. The lowest BCUT2D eigenvalue weighted by atomic mass is 9.94. The monoisotopic (exact) mass is 402 g/mol. The molecule has 1 fully saturated rings. The number of esters is 1. The molecular formula is C19H15FN2O5S. The molecule has 1 saturated heterocycles. The average Bonchev–Trinajstić information content (AvgIpc) is 3.30. The van der Waals surface area contributed by atoms with Crippen LogP contribution >= 0.6 is 11.3 Å². The number of nitrogens with zero attached hydrogens (tertiary/aromatic N) is 2. The first-order chi connectivity index (χ1) is 13.3. The quantitative estimate of drug-likeness (QED) is 0.582. The number of aryl methyl sites for hydroxylation is 1. The molecule has 1 aromatic heterocycles. The number of benzene rings is 1. The highest BCUT2D eigenvalue weighted by Crippen LogP contribution is 2.42. The van der Waals surface area contributed by atoms with Crippen LogP contribution in [0, 0.1) is 25.6 Å². The van der Waals surface area contributed by atoms with Gasteiger partial charge in [0.1, 0.15) is 22.4 Å². The van der Waals surface area contributed by atoms with Crippen molar-refractivity contribution >= 4 is 39.8 Å². The van der Waals surface area contributed by atoms with Gasteiger partial charge in [0, 0.05) is 10.4 Å². The lowest BCUT2D eigenvalue weighted by molar-refractivity contribution is -0.126. The van der Waals surface area contributed by atoms with E-state index in [0.717, 1.165) is 9.78 Å². The maximum Gasteiger partial charge on any atom is 0.341 e. The van der Waals surface area contributed by atoms with Crippen LogP contribution in [0.1, 0.15) is 26.4 Å². The van der Waals surface area contributed by atoms with Gasteiger partial charge in [-0.15, -0.1) is 11.3 Å². The Morgan fingerprint density at radius 2 is 1.89 bits per heavy atom. The zero-order valence-electron chi connectivity index (χ0n) is 15.2. The van der Waals surface area contributed by atoms with Crippen molar-refractivity contribution in [3.05, 3.63) is 51.7 Å². The van der Waals surface area contributed by atoms with Crippen molar-refractivity contribution in [3.8, 4) is 0 Å². The molecule has 4 rings (SSSR count). The first kappa shape index (κ1) is 18.3. The van der Waals surface area contributed by atoms with E-state index in [-0.39, 0.29) is 16.3 Å². The number of rotatable bonds is 3. The summed E-state index contributed by atoms with van der Waals surface area (Å²) in [5.74, 6) is -3.14. The molecule has 0 radical (unpaired) electrons. The van der Waals surface area contributed by atoms with Crippen LogP contribution in [-0.2, 0) is 19.2 Å². The number of carbonyl (C=O) groups is 3. The van der Waals surface area contributed by atoms with Gasteiger partial charge in [-0.1, -0.05) is 17.3 Å². The topological polar surface area (TPSA) is 85.3 Å². The third-order valence-electron chi connectivity index (χ3n) is 4.91. The van der Waals surface area contributed by atoms with Crippen molar-refractivity contribution in [2.75, 3.05) is 12.0 Å². The first-order valence-corrected chi connectivity index (χ1v) is 9.22. The molecule has 2 aromatic rings. The molecule has 0 N–H and O–H groups in total. The van der Waals surface area contributed by atoms with E-state index < -0.39 is 35.6 Å². The van der Waals surface area contributed by atoms with Crippen LogP contribution in [0.4, 0.5) is 9.39 Å². The largest absolute Gasteiger partial charge is 0.465 e. The molecule has 2 amide bonds. The molecule has 0 unspecified atom stereocenters. The molecule has 144 valence electrons. The number of hydrogen-bond acceptors (Lipinski definition) is 7. The third kappa shape index (κ3) is 2.54. The fraction of sp³-hybridized carbons (Fsp3) is 0.263. The van der Waals surface area contributed by atoms with Gasteiger partial charge in [-0.2, -0.15) is 0 Å². The Labute approximate surface area is 163 Å². The lowest BCUT2D eigenvalue weighted by Gasteiger charge is -2.15. The summed E-state index contributed by atoms with van der Waals surface area (Å²) in [7, 11) is 1.24. The maximum absolute atomic E-state index is 13.2. The van der Waals surface area contributed by atoms with Gasteiger partial charge >= 0.3 is 5.97 Å². The minimum atomic E-state index is -1.11. The smallest absolute Gasteiger partial charge is 0.341 e. The second kappa shape index (κ2) is 6.52. The van der Waals surface area contributed by atoms with Crippen LogP contribution in [-0.4, -0.2) is 36.7 Å². The van der Waals surface area contributed by atoms with Crippen LogP contribution in [0.25, 0.3) is 0 Å². The fourth-order valence-corrected chi connectivity index (χ4v) is 4.50. The minimum Gasteiger partial charge on any atom is -0.465 e. The second-order valence-corrected chi connectivity index (χ2v) is 7.66. The molecule has 0 saturated carbocycles. The van der Waals surface area contributed by atoms with E-state index in [9.17, 15) is 18.8 Å². The standard InChI is InChI=1S/C19H15FN2O5S/c1-8-9(2)28-18(12(8)19(25)26-3)22-16(23)13-14(21-27-15(13)17(22)24)10-4-6-11(20)7-5-10/h4-7,13,15H,1-3H3/t13-,15-/m1/s1. The van der Waals surface area contributed by atoms with E-state index in [1.807, 2.05) is 0 Å². The summed E-state index contributed by atoms with van der Waals surface area (Å²) in [5.41, 5.74) is 1.59. The first-order valence-electron chi connectivity index (χ1n) is 8.41. The zero-order chi connectivity index (χ0) is 20.2. The van der Waals surface area contributed by atoms with Crippen LogP contribution in [0.5, 0.6) is 0 Å². The van der Waals surface area contributed by atoms with Gasteiger partial charge < -0.3 is 9.57 Å². The summed E-state index contributed by atoms with van der Waals surface area (Å²) < 4.78 is 18.0. The number of ether oxygens (including phenoxy) is 1. The highest BCUT2D eigenvalue weighted by Gasteiger charge is 2.57. The Morgan fingerprint density at radius 1 is 1.21 bits per heavy atom. The van der Waals surface area contributed by atoms with Gasteiger partial charge in [0.2, 0.25) is 12.0 Å². The highest BCUT2D eigenvalue weighted by molar-refractivity contribution is 7.17. The van der Waals surface area contributed by atoms with Gasteiger partial charge in [-0.3, -0.25) is 9.59 Å². The highest BCUT2D eigenvalue weighted by atomic mass is 32.1. The van der Waals surface area contributed by atoms with Gasteiger partial charge in [0.25, 0.3) is 5.91 Å². The molecule has 2 aliphatic rings. The molecular weight excluding hydrogens is 387 g/mol. The summed E-state index contributed by atoms with van der Waals surface area (Å²) in [5, 5.41) is 4.10. The van der Waals surface area contributed by atoms with Crippen molar-refractivity contribution in [1.29, 1.82) is 0 Å². The molecule has 0 bridgehead atoms. The SMILES string of the molecule is COC(=O)c1c(N2C(=O)[C@@H]3C(c4ccc(F)cc4)=NO[C@H]3C2=O)sc(C)c1C. The van der Waals surface area contributed by atoms with Crippen molar-refractivity contribution in [2.24, 2.45) is 11.1 Å². The van der Waals surface area contributed by atoms with Crippen molar-refractivity contribution in [1.82, 2.24) is 0 Å². The van der Waals surface area contributed by atoms with Crippen molar-refractivity contribution < 1.29 is 28.3 Å². The van der Waals surface area contributed by atoms with Gasteiger partial charge in [-0.25, -0.2) is 14.1 Å². The van der Waals surface area contributed by atoms with Crippen LogP contribution in [0.15, 0.2) is 29.4 Å². The van der Waals surface area contributed by atoms with Crippen LogP contribution in [0.2, 0.25) is 0 Å².